The van der Waals surface area contributed by atoms with E-state index >= 15 is 0 Å². The molecule has 0 radical (unpaired) electrons. The van der Waals surface area contributed by atoms with E-state index in [2.05, 4.69) is 5.32 Å². The van der Waals surface area contributed by atoms with E-state index in [0.29, 0.717) is 30.2 Å². The van der Waals surface area contributed by atoms with Crippen molar-refractivity contribution in [3.63, 3.8) is 0 Å². The van der Waals surface area contributed by atoms with Crippen LogP contribution in [0.15, 0.2) is 48.5 Å². The number of benzene rings is 2. The highest BCUT2D eigenvalue weighted by molar-refractivity contribution is 6.30. The molecule has 0 spiro atoms. The number of rotatable bonds is 12. The molecule has 174 valence electrons. The Kier molecular flexibility index (Phi) is 10.5. The summed E-state index contributed by atoms with van der Waals surface area (Å²) in [4.78, 5) is 27.6. The summed E-state index contributed by atoms with van der Waals surface area (Å²) in [7, 11) is 0. The normalized spacial score (nSPS) is 12.7. The SMILES string of the molecule is CC[C@H](C)NC(=O)[C@H](CC)N(Cc1ccc(F)cc1)C(=O)CCCOc1ccc(Cl)cc1. The van der Waals surface area contributed by atoms with Crippen LogP contribution in [-0.4, -0.2) is 35.4 Å². The molecule has 5 nitrogen and oxygen atoms in total. The van der Waals surface area contributed by atoms with Crippen molar-refractivity contribution in [3.05, 3.63) is 64.9 Å². The molecule has 0 aliphatic heterocycles. The molecule has 2 aromatic rings. The molecule has 7 heteroatoms. The average Bonchev–Trinajstić information content (AvgIpc) is 2.78. The molecule has 0 heterocycles. The maximum absolute atomic E-state index is 13.3. The van der Waals surface area contributed by atoms with E-state index in [1.807, 2.05) is 20.8 Å². The topological polar surface area (TPSA) is 58.6 Å². The van der Waals surface area contributed by atoms with E-state index in [9.17, 15) is 14.0 Å². The standard InChI is InChI=1S/C25H32ClFN2O3/c1-4-18(3)28-25(31)23(5-2)29(17-19-8-12-21(27)13-9-19)24(30)7-6-16-32-22-14-10-20(26)11-15-22/h8-15,18,23H,4-7,16-17H2,1-3H3,(H,28,31)/t18-,23-/m0/s1. The zero-order chi connectivity index (χ0) is 23.5. The highest BCUT2D eigenvalue weighted by Crippen LogP contribution is 2.17. The third kappa shape index (κ3) is 8.15. The molecular weight excluding hydrogens is 431 g/mol. The van der Waals surface area contributed by atoms with Gasteiger partial charge in [0.05, 0.1) is 6.61 Å². The maximum Gasteiger partial charge on any atom is 0.243 e. The van der Waals surface area contributed by atoms with E-state index in [1.165, 1.54) is 12.1 Å². The summed E-state index contributed by atoms with van der Waals surface area (Å²) in [5.74, 6) is 0.0341. The molecule has 0 fully saturated rings. The average molecular weight is 463 g/mol. The van der Waals surface area contributed by atoms with Gasteiger partial charge >= 0.3 is 0 Å². The molecule has 2 aromatic carbocycles. The lowest BCUT2D eigenvalue weighted by molar-refractivity contribution is -0.141. The van der Waals surface area contributed by atoms with Crippen LogP contribution in [0.25, 0.3) is 0 Å². The van der Waals surface area contributed by atoms with Crippen LogP contribution < -0.4 is 10.1 Å². The summed E-state index contributed by atoms with van der Waals surface area (Å²) in [6, 6.07) is 12.5. The van der Waals surface area contributed by atoms with Crippen LogP contribution in [0.5, 0.6) is 5.75 Å². The van der Waals surface area contributed by atoms with Gasteiger partial charge in [0.15, 0.2) is 0 Å². The van der Waals surface area contributed by atoms with E-state index < -0.39 is 6.04 Å². The Hall–Kier alpha value is -2.60. The quantitative estimate of drug-likeness (QED) is 0.432. The van der Waals surface area contributed by atoms with Crippen molar-refractivity contribution in [2.75, 3.05) is 6.61 Å². The monoisotopic (exact) mass is 462 g/mol. The smallest absolute Gasteiger partial charge is 0.243 e. The van der Waals surface area contributed by atoms with Gasteiger partial charge in [0, 0.05) is 24.0 Å². The van der Waals surface area contributed by atoms with Crippen LogP contribution in [0.2, 0.25) is 5.02 Å². The number of carbonyl (C=O) groups is 2. The van der Waals surface area contributed by atoms with E-state index in [4.69, 9.17) is 16.3 Å². The van der Waals surface area contributed by atoms with E-state index in [-0.39, 0.29) is 36.6 Å². The van der Waals surface area contributed by atoms with Gasteiger partial charge in [-0.1, -0.05) is 37.6 Å². The first-order valence-electron chi connectivity index (χ1n) is 11.1. The molecule has 1 N–H and O–H groups in total. The molecule has 0 bridgehead atoms. The summed E-state index contributed by atoms with van der Waals surface area (Å²) in [6.45, 7) is 6.42. The summed E-state index contributed by atoms with van der Waals surface area (Å²) in [5, 5.41) is 3.61. The minimum Gasteiger partial charge on any atom is -0.494 e. The number of nitrogens with one attached hydrogen (secondary N) is 1. The van der Waals surface area contributed by atoms with Gasteiger partial charge in [-0.3, -0.25) is 9.59 Å². The number of hydrogen-bond donors (Lipinski definition) is 1. The van der Waals surface area contributed by atoms with Crippen molar-refractivity contribution >= 4 is 23.4 Å². The lowest BCUT2D eigenvalue weighted by Gasteiger charge is -2.31. The fraction of sp³-hybridized carbons (Fsp3) is 0.440. The lowest BCUT2D eigenvalue weighted by atomic mass is 10.1. The maximum atomic E-state index is 13.3. The van der Waals surface area contributed by atoms with Crippen LogP contribution in [0.4, 0.5) is 4.39 Å². The number of amides is 2. The first kappa shape index (κ1) is 25.7. The number of nitrogens with zero attached hydrogens (tertiary/aromatic N) is 1. The molecule has 2 rings (SSSR count). The lowest BCUT2D eigenvalue weighted by Crippen LogP contribution is -2.50. The number of carbonyl (C=O) groups excluding carboxylic acids is 2. The van der Waals surface area contributed by atoms with Crippen molar-refractivity contribution < 1.29 is 18.7 Å². The Morgan fingerprint density at radius 2 is 1.72 bits per heavy atom. The van der Waals surface area contributed by atoms with Crippen LogP contribution in [0.1, 0.15) is 52.0 Å². The molecule has 2 amide bonds. The van der Waals surface area contributed by atoms with Gasteiger partial charge in [-0.25, -0.2) is 4.39 Å². The third-order valence-corrected chi connectivity index (χ3v) is 5.52. The summed E-state index contributed by atoms with van der Waals surface area (Å²) in [5.41, 5.74) is 0.770. The second kappa shape index (κ2) is 13.1. The Morgan fingerprint density at radius 1 is 1.06 bits per heavy atom. The van der Waals surface area contributed by atoms with E-state index in [0.717, 1.165) is 12.0 Å². The number of ether oxygens (including phenoxy) is 1. The van der Waals surface area contributed by atoms with Gasteiger partial charge in [-0.15, -0.1) is 0 Å². The van der Waals surface area contributed by atoms with E-state index in [1.54, 1.807) is 41.3 Å². The predicted octanol–water partition coefficient (Wildman–Crippen LogP) is 5.36. The zero-order valence-electron chi connectivity index (χ0n) is 18.9. The molecule has 0 unspecified atom stereocenters. The zero-order valence-corrected chi connectivity index (χ0v) is 19.7. The summed E-state index contributed by atoms with van der Waals surface area (Å²) < 4.78 is 19.0. The van der Waals surface area contributed by atoms with Crippen molar-refractivity contribution in [1.82, 2.24) is 10.2 Å². The van der Waals surface area contributed by atoms with Crippen molar-refractivity contribution in [1.29, 1.82) is 0 Å². The second-order valence-electron chi connectivity index (χ2n) is 7.80. The van der Waals surface area contributed by atoms with Gasteiger partial charge in [0.1, 0.15) is 17.6 Å². The van der Waals surface area contributed by atoms with Gasteiger partial charge in [-0.2, -0.15) is 0 Å². The third-order valence-electron chi connectivity index (χ3n) is 5.27. The highest BCUT2D eigenvalue weighted by atomic mass is 35.5. The largest absolute Gasteiger partial charge is 0.494 e. The molecular formula is C25H32ClFN2O3. The Balaban J connectivity index is 2.05. The Labute approximate surface area is 194 Å². The predicted molar refractivity (Wildman–Crippen MR) is 125 cm³/mol. The summed E-state index contributed by atoms with van der Waals surface area (Å²) in [6.07, 6.45) is 2.03. The van der Waals surface area contributed by atoms with Gasteiger partial charge in [-0.05, 0) is 68.1 Å². The van der Waals surface area contributed by atoms with Gasteiger partial charge in [0.2, 0.25) is 11.8 Å². The first-order chi connectivity index (χ1) is 15.3. The first-order valence-corrected chi connectivity index (χ1v) is 11.4. The molecule has 0 aliphatic carbocycles. The Bertz CT molecular complexity index is 858. The fourth-order valence-corrected chi connectivity index (χ4v) is 3.36. The molecule has 2 atom stereocenters. The number of halogens is 2. The van der Waals surface area contributed by atoms with Crippen LogP contribution in [0, 0.1) is 5.82 Å². The highest BCUT2D eigenvalue weighted by Gasteiger charge is 2.28. The van der Waals surface area contributed by atoms with Gasteiger partial charge < -0.3 is 15.0 Å². The molecule has 0 aromatic heterocycles. The minimum absolute atomic E-state index is 0.0205. The summed E-state index contributed by atoms with van der Waals surface area (Å²) >= 11 is 5.87. The van der Waals surface area contributed by atoms with Crippen molar-refractivity contribution in [3.8, 4) is 5.75 Å². The number of hydrogen-bond acceptors (Lipinski definition) is 3. The van der Waals surface area contributed by atoms with Crippen LogP contribution >= 0.6 is 11.6 Å². The van der Waals surface area contributed by atoms with Gasteiger partial charge in [0.25, 0.3) is 0 Å². The van der Waals surface area contributed by atoms with Crippen LogP contribution in [-0.2, 0) is 16.1 Å². The molecule has 0 saturated heterocycles. The minimum atomic E-state index is -0.598. The molecule has 32 heavy (non-hydrogen) atoms. The Morgan fingerprint density at radius 3 is 2.31 bits per heavy atom. The fourth-order valence-electron chi connectivity index (χ4n) is 3.23. The van der Waals surface area contributed by atoms with Crippen molar-refractivity contribution in [2.45, 2.75) is 65.1 Å². The molecule has 0 saturated carbocycles. The second-order valence-corrected chi connectivity index (χ2v) is 8.23. The van der Waals surface area contributed by atoms with Crippen LogP contribution in [0.3, 0.4) is 0 Å². The molecule has 0 aliphatic rings. The van der Waals surface area contributed by atoms with Crippen molar-refractivity contribution in [2.24, 2.45) is 0 Å².